The van der Waals surface area contributed by atoms with Crippen LogP contribution in [-0.2, 0) is 10.1 Å². The highest BCUT2D eigenvalue weighted by Gasteiger charge is 2.06. The minimum Gasteiger partial charge on any atom is -0.286 e. The van der Waals surface area contributed by atoms with Gasteiger partial charge in [0.05, 0.1) is 11.9 Å². The van der Waals surface area contributed by atoms with Crippen LogP contribution in [0.15, 0.2) is 0 Å². The van der Waals surface area contributed by atoms with E-state index in [1.54, 1.807) is 0 Å². The van der Waals surface area contributed by atoms with Gasteiger partial charge in [-0.15, -0.1) is 0 Å². The van der Waals surface area contributed by atoms with E-state index in [1.165, 1.54) is 6.92 Å². The van der Waals surface area contributed by atoms with Gasteiger partial charge in [-0.05, 0) is 13.3 Å². The number of hydrogen-bond donors (Lipinski definition) is 1. The summed E-state index contributed by atoms with van der Waals surface area (Å²) in [5, 5.41) is 0. The highest BCUT2D eigenvalue weighted by molar-refractivity contribution is 7.85. The highest BCUT2D eigenvalue weighted by atomic mass is 32.2. The first-order chi connectivity index (χ1) is 3.92. The molecule has 0 aromatic carbocycles. The van der Waals surface area contributed by atoms with Crippen molar-refractivity contribution >= 4 is 10.1 Å². The Morgan fingerprint density at radius 1 is 1.67 bits per heavy atom. The van der Waals surface area contributed by atoms with Gasteiger partial charge in [-0.1, -0.05) is 0 Å². The molecule has 0 aliphatic rings. The summed E-state index contributed by atoms with van der Waals surface area (Å²) < 4.78 is 39.8. The number of alkyl halides is 1. The summed E-state index contributed by atoms with van der Waals surface area (Å²) in [5.74, 6) is -0.495. The second kappa shape index (κ2) is 3.12. The molecule has 0 saturated heterocycles. The first-order valence-corrected chi connectivity index (χ1v) is 4.12. The second-order valence-corrected chi connectivity index (χ2v) is 3.43. The molecule has 0 aromatic rings. The molecule has 0 heterocycles. The molecule has 5 heteroatoms. The fourth-order valence-electron chi connectivity index (χ4n) is 0.311. The van der Waals surface area contributed by atoms with Crippen molar-refractivity contribution in [3.63, 3.8) is 0 Å². The SMILES string of the molecule is CC(F)CCS(=O)(=O)O. The van der Waals surface area contributed by atoms with E-state index < -0.39 is 22.0 Å². The molecule has 1 atom stereocenters. The van der Waals surface area contributed by atoms with E-state index >= 15 is 0 Å². The minimum absolute atomic E-state index is 0.140. The lowest BCUT2D eigenvalue weighted by Crippen LogP contribution is -2.07. The van der Waals surface area contributed by atoms with Gasteiger partial charge < -0.3 is 0 Å². The van der Waals surface area contributed by atoms with Gasteiger partial charge in [0.2, 0.25) is 0 Å². The molecule has 0 radical (unpaired) electrons. The molecule has 0 rings (SSSR count). The van der Waals surface area contributed by atoms with Crippen molar-refractivity contribution in [3.05, 3.63) is 0 Å². The molecule has 3 nitrogen and oxygen atoms in total. The maximum atomic E-state index is 11.9. The molecule has 0 saturated carbocycles. The fourth-order valence-corrected chi connectivity index (χ4v) is 0.934. The van der Waals surface area contributed by atoms with E-state index in [9.17, 15) is 12.8 Å². The van der Waals surface area contributed by atoms with Crippen LogP contribution >= 0.6 is 0 Å². The number of hydrogen-bond acceptors (Lipinski definition) is 2. The molecule has 0 fully saturated rings. The van der Waals surface area contributed by atoms with Crippen LogP contribution in [0.4, 0.5) is 4.39 Å². The Labute approximate surface area is 53.6 Å². The highest BCUT2D eigenvalue weighted by Crippen LogP contribution is 1.97. The monoisotopic (exact) mass is 156 g/mol. The molecule has 0 bridgehead atoms. The van der Waals surface area contributed by atoms with Crippen molar-refractivity contribution in [3.8, 4) is 0 Å². The lowest BCUT2D eigenvalue weighted by Gasteiger charge is -1.96. The lowest BCUT2D eigenvalue weighted by atomic mass is 10.3. The first-order valence-electron chi connectivity index (χ1n) is 2.51. The van der Waals surface area contributed by atoms with Crippen LogP contribution in [-0.4, -0.2) is 24.9 Å². The summed E-state index contributed by atoms with van der Waals surface area (Å²) in [6.07, 6.45) is -1.31. The fraction of sp³-hybridized carbons (Fsp3) is 1.00. The van der Waals surface area contributed by atoms with Gasteiger partial charge in [-0.2, -0.15) is 8.42 Å². The van der Waals surface area contributed by atoms with Crippen molar-refractivity contribution in [2.45, 2.75) is 19.5 Å². The Morgan fingerprint density at radius 2 is 2.11 bits per heavy atom. The van der Waals surface area contributed by atoms with E-state index in [0.717, 1.165) is 0 Å². The van der Waals surface area contributed by atoms with Crippen LogP contribution in [0, 0.1) is 0 Å². The van der Waals surface area contributed by atoms with E-state index in [4.69, 9.17) is 4.55 Å². The summed E-state index contributed by atoms with van der Waals surface area (Å²) in [5.41, 5.74) is 0. The zero-order valence-electron chi connectivity index (χ0n) is 5.04. The minimum atomic E-state index is -3.96. The Hall–Kier alpha value is -0.160. The van der Waals surface area contributed by atoms with Crippen LogP contribution in [0.5, 0.6) is 0 Å². The quantitative estimate of drug-likeness (QED) is 0.609. The summed E-state index contributed by atoms with van der Waals surface area (Å²) in [7, 11) is -3.96. The van der Waals surface area contributed by atoms with Crippen LogP contribution in [0.3, 0.4) is 0 Å². The molecule has 0 aromatic heterocycles. The Balaban J connectivity index is 3.53. The van der Waals surface area contributed by atoms with Crippen LogP contribution in [0.25, 0.3) is 0 Å². The molecule has 0 amide bonds. The Morgan fingerprint density at radius 3 is 2.22 bits per heavy atom. The summed E-state index contributed by atoms with van der Waals surface area (Å²) in [4.78, 5) is 0. The zero-order valence-corrected chi connectivity index (χ0v) is 5.86. The van der Waals surface area contributed by atoms with Gasteiger partial charge in [0, 0.05) is 0 Å². The second-order valence-electron chi connectivity index (χ2n) is 1.86. The van der Waals surface area contributed by atoms with Crippen LogP contribution in [0.1, 0.15) is 13.3 Å². The first kappa shape index (κ1) is 8.84. The largest absolute Gasteiger partial charge is 0.286 e. The van der Waals surface area contributed by atoms with E-state index in [0.29, 0.717) is 0 Å². The third-order valence-corrected chi connectivity index (χ3v) is 1.53. The maximum absolute atomic E-state index is 11.9. The summed E-state index contributed by atoms with van der Waals surface area (Å²) in [6, 6.07) is 0. The smallest absolute Gasteiger partial charge is 0.264 e. The molecule has 1 N–H and O–H groups in total. The van der Waals surface area contributed by atoms with Crippen molar-refractivity contribution in [2.75, 3.05) is 5.75 Å². The maximum Gasteiger partial charge on any atom is 0.264 e. The third kappa shape index (κ3) is 7.84. The van der Waals surface area contributed by atoms with Gasteiger partial charge in [0.25, 0.3) is 10.1 Å². The lowest BCUT2D eigenvalue weighted by molar-refractivity contribution is 0.349. The predicted octanol–water partition coefficient (Wildman–Crippen LogP) is 0.622. The Bertz CT molecular complexity index is 161. The van der Waals surface area contributed by atoms with E-state index in [2.05, 4.69) is 0 Å². The molecule has 56 valence electrons. The standard InChI is InChI=1S/C4H9FO3S/c1-4(5)2-3-9(6,7)8/h4H,2-3H2,1H3,(H,6,7,8). The normalized spacial score (nSPS) is 15.4. The Kier molecular flexibility index (Phi) is 3.07. The topological polar surface area (TPSA) is 54.4 Å². The van der Waals surface area contributed by atoms with E-state index in [1.807, 2.05) is 0 Å². The van der Waals surface area contributed by atoms with Gasteiger partial charge >= 0.3 is 0 Å². The zero-order chi connectivity index (χ0) is 7.49. The molecular weight excluding hydrogens is 147 g/mol. The average Bonchev–Trinajstić information content (AvgIpc) is 1.59. The molecule has 1 unspecified atom stereocenters. The van der Waals surface area contributed by atoms with Gasteiger partial charge in [0.15, 0.2) is 0 Å². The predicted molar refractivity (Wildman–Crippen MR) is 31.6 cm³/mol. The summed E-state index contributed by atoms with van der Waals surface area (Å²) >= 11 is 0. The van der Waals surface area contributed by atoms with Crippen molar-refractivity contribution in [2.24, 2.45) is 0 Å². The molecular formula is C4H9FO3S. The van der Waals surface area contributed by atoms with Crippen LogP contribution in [0.2, 0.25) is 0 Å². The van der Waals surface area contributed by atoms with Crippen molar-refractivity contribution in [1.29, 1.82) is 0 Å². The number of rotatable bonds is 3. The van der Waals surface area contributed by atoms with E-state index in [-0.39, 0.29) is 6.42 Å². The average molecular weight is 156 g/mol. The number of halogens is 1. The molecule has 0 aliphatic heterocycles. The third-order valence-electron chi connectivity index (χ3n) is 0.774. The van der Waals surface area contributed by atoms with Gasteiger partial charge in [-0.25, -0.2) is 4.39 Å². The molecule has 9 heavy (non-hydrogen) atoms. The van der Waals surface area contributed by atoms with Crippen LogP contribution < -0.4 is 0 Å². The van der Waals surface area contributed by atoms with Gasteiger partial charge in [0.1, 0.15) is 0 Å². The van der Waals surface area contributed by atoms with Gasteiger partial charge in [-0.3, -0.25) is 4.55 Å². The summed E-state index contributed by atoms with van der Waals surface area (Å²) in [6.45, 7) is 1.24. The molecule has 0 spiro atoms. The molecule has 0 aliphatic carbocycles. The van der Waals surface area contributed by atoms with Crippen molar-refractivity contribution in [1.82, 2.24) is 0 Å². The van der Waals surface area contributed by atoms with Crippen molar-refractivity contribution < 1.29 is 17.4 Å².